The number of benzene rings is 2. The highest BCUT2D eigenvalue weighted by molar-refractivity contribution is 6.30. The number of carbonyl (C=O) groups is 1. The van der Waals surface area contributed by atoms with Crippen molar-refractivity contribution in [2.24, 2.45) is 0 Å². The molecule has 1 amide bonds. The third-order valence-corrected chi connectivity index (χ3v) is 5.25. The molecule has 0 unspecified atom stereocenters. The molecule has 0 spiro atoms. The van der Waals surface area contributed by atoms with E-state index < -0.39 is 5.41 Å². The van der Waals surface area contributed by atoms with E-state index in [0.717, 1.165) is 30.5 Å². The van der Waals surface area contributed by atoms with Crippen LogP contribution in [0.25, 0.3) is 0 Å². The molecular weight excluding hydrogens is 327 g/mol. The highest BCUT2D eigenvalue weighted by atomic mass is 35.5. The molecule has 0 saturated heterocycles. The maximum absolute atomic E-state index is 14.7. The van der Waals surface area contributed by atoms with Crippen molar-refractivity contribution in [2.45, 2.75) is 31.2 Å². The molecule has 0 aromatic heterocycles. The van der Waals surface area contributed by atoms with Crippen LogP contribution in [-0.2, 0) is 23.2 Å². The maximum Gasteiger partial charge on any atom is 0.235 e. The molecule has 3 nitrogen and oxygen atoms in total. The van der Waals surface area contributed by atoms with Gasteiger partial charge in [0.2, 0.25) is 5.91 Å². The lowest BCUT2D eigenvalue weighted by atomic mass is 9.94. The fourth-order valence-electron chi connectivity index (χ4n) is 3.43. The van der Waals surface area contributed by atoms with Crippen LogP contribution in [0.1, 0.15) is 29.5 Å². The Morgan fingerprint density at radius 3 is 2.83 bits per heavy atom. The first kappa shape index (κ1) is 15.6. The van der Waals surface area contributed by atoms with Gasteiger partial charge in [-0.05, 0) is 60.7 Å². The van der Waals surface area contributed by atoms with Gasteiger partial charge < -0.3 is 10.6 Å². The fourth-order valence-corrected chi connectivity index (χ4v) is 3.62. The van der Waals surface area contributed by atoms with Crippen LogP contribution in [0.4, 0.5) is 10.1 Å². The topological polar surface area (TPSA) is 41.1 Å². The van der Waals surface area contributed by atoms with Gasteiger partial charge in [0.05, 0.1) is 11.1 Å². The summed E-state index contributed by atoms with van der Waals surface area (Å²) in [6, 6.07) is 10.9. The van der Waals surface area contributed by atoms with E-state index in [0.29, 0.717) is 23.6 Å². The van der Waals surface area contributed by atoms with Crippen LogP contribution in [-0.4, -0.2) is 12.5 Å². The standard InChI is InChI=1S/C19H18ClFN2O/c20-14-3-1-2-13(10-14)19(7-8-19)18(24)23-16-5-4-12-11-22-9-6-15(12)17(16)21/h1-5,10,22H,6-9,11H2,(H,23,24). The van der Waals surface area contributed by atoms with Crippen LogP contribution in [0, 0.1) is 5.82 Å². The maximum atomic E-state index is 14.7. The third-order valence-electron chi connectivity index (χ3n) is 5.02. The number of hydrogen-bond donors (Lipinski definition) is 2. The van der Waals surface area contributed by atoms with Crippen molar-refractivity contribution in [2.75, 3.05) is 11.9 Å². The molecule has 2 N–H and O–H groups in total. The van der Waals surface area contributed by atoms with Crippen LogP contribution in [0.2, 0.25) is 5.02 Å². The van der Waals surface area contributed by atoms with Gasteiger partial charge in [-0.25, -0.2) is 4.39 Å². The minimum absolute atomic E-state index is 0.155. The highest BCUT2D eigenvalue weighted by Gasteiger charge is 2.51. The quantitative estimate of drug-likeness (QED) is 0.889. The molecule has 0 atom stereocenters. The second-order valence-electron chi connectivity index (χ2n) is 6.54. The number of fused-ring (bicyclic) bond motifs is 1. The lowest BCUT2D eigenvalue weighted by Gasteiger charge is -2.21. The number of rotatable bonds is 3. The summed E-state index contributed by atoms with van der Waals surface area (Å²) in [5.74, 6) is -0.457. The summed E-state index contributed by atoms with van der Waals surface area (Å²) in [4.78, 5) is 12.8. The molecular formula is C19H18ClFN2O. The Kier molecular flexibility index (Phi) is 3.82. The number of nitrogens with one attached hydrogen (secondary N) is 2. The van der Waals surface area contributed by atoms with Crippen LogP contribution in [0.15, 0.2) is 36.4 Å². The average molecular weight is 345 g/mol. The summed E-state index contributed by atoms with van der Waals surface area (Å²) < 4.78 is 14.7. The van der Waals surface area contributed by atoms with Gasteiger partial charge in [0.25, 0.3) is 0 Å². The van der Waals surface area contributed by atoms with Crippen molar-refractivity contribution >= 4 is 23.2 Å². The molecule has 1 aliphatic carbocycles. The zero-order chi connectivity index (χ0) is 16.7. The second kappa shape index (κ2) is 5.87. The molecule has 5 heteroatoms. The number of anilines is 1. The van der Waals surface area contributed by atoms with E-state index in [9.17, 15) is 9.18 Å². The van der Waals surface area contributed by atoms with Crippen LogP contribution < -0.4 is 10.6 Å². The van der Waals surface area contributed by atoms with Crippen molar-refractivity contribution in [3.8, 4) is 0 Å². The first-order chi connectivity index (χ1) is 11.6. The monoisotopic (exact) mass is 344 g/mol. The lowest BCUT2D eigenvalue weighted by Crippen LogP contribution is -2.29. The van der Waals surface area contributed by atoms with Gasteiger partial charge in [-0.15, -0.1) is 0 Å². The zero-order valence-electron chi connectivity index (χ0n) is 13.2. The smallest absolute Gasteiger partial charge is 0.235 e. The second-order valence-corrected chi connectivity index (χ2v) is 6.97. The largest absolute Gasteiger partial charge is 0.323 e. The van der Waals surface area contributed by atoms with Crippen LogP contribution in [0.3, 0.4) is 0 Å². The molecule has 0 radical (unpaired) electrons. The van der Waals surface area contributed by atoms with Crippen LogP contribution in [0.5, 0.6) is 0 Å². The Hall–Kier alpha value is -1.91. The molecule has 4 rings (SSSR count). The molecule has 1 aliphatic heterocycles. The Morgan fingerprint density at radius 1 is 1.25 bits per heavy atom. The molecule has 0 bridgehead atoms. The Balaban J connectivity index is 1.61. The first-order valence-corrected chi connectivity index (χ1v) is 8.56. The molecule has 1 heterocycles. The molecule has 1 saturated carbocycles. The number of amides is 1. The predicted molar refractivity (Wildman–Crippen MR) is 92.8 cm³/mol. The summed E-state index contributed by atoms with van der Waals surface area (Å²) in [6.45, 7) is 1.43. The lowest BCUT2D eigenvalue weighted by molar-refractivity contribution is -0.118. The van der Waals surface area contributed by atoms with E-state index in [2.05, 4.69) is 10.6 Å². The van der Waals surface area contributed by atoms with E-state index in [-0.39, 0.29) is 17.4 Å². The van der Waals surface area contributed by atoms with E-state index >= 15 is 0 Å². The van der Waals surface area contributed by atoms with Gasteiger partial charge in [-0.3, -0.25) is 4.79 Å². The van der Waals surface area contributed by atoms with Gasteiger partial charge in [-0.2, -0.15) is 0 Å². The highest BCUT2D eigenvalue weighted by Crippen LogP contribution is 2.49. The Bertz CT molecular complexity index is 817. The Labute approximate surface area is 145 Å². The molecule has 1 fully saturated rings. The van der Waals surface area contributed by atoms with Crippen molar-refractivity contribution in [3.05, 3.63) is 63.9 Å². The molecule has 2 aromatic rings. The number of halogens is 2. The molecule has 2 aromatic carbocycles. The summed E-state index contributed by atoms with van der Waals surface area (Å²) in [6.07, 6.45) is 2.16. The molecule has 24 heavy (non-hydrogen) atoms. The van der Waals surface area contributed by atoms with E-state index in [4.69, 9.17) is 11.6 Å². The van der Waals surface area contributed by atoms with E-state index in [1.807, 2.05) is 24.3 Å². The minimum Gasteiger partial charge on any atom is -0.323 e. The number of carbonyl (C=O) groups excluding carboxylic acids is 1. The van der Waals surface area contributed by atoms with Crippen molar-refractivity contribution < 1.29 is 9.18 Å². The van der Waals surface area contributed by atoms with Gasteiger partial charge >= 0.3 is 0 Å². The minimum atomic E-state index is -0.575. The number of hydrogen-bond acceptors (Lipinski definition) is 2. The SMILES string of the molecule is O=C(Nc1ccc2c(c1F)CCNC2)C1(c2cccc(Cl)c2)CC1. The van der Waals surface area contributed by atoms with Crippen molar-refractivity contribution in [3.63, 3.8) is 0 Å². The average Bonchev–Trinajstić information content (AvgIpc) is 3.40. The Morgan fingerprint density at radius 2 is 2.08 bits per heavy atom. The van der Waals surface area contributed by atoms with E-state index in [1.165, 1.54) is 0 Å². The van der Waals surface area contributed by atoms with Gasteiger partial charge in [-0.1, -0.05) is 29.8 Å². The van der Waals surface area contributed by atoms with Crippen molar-refractivity contribution in [1.29, 1.82) is 0 Å². The predicted octanol–water partition coefficient (Wildman–Crippen LogP) is 3.80. The normalized spacial score (nSPS) is 17.9. The molecule has 2 aliphatic rings. The summed E-state index contributed by atoms with van der Waals surface area (Å²) in [5, 5.41) is 6.64. The van der Waals surface area contributed by atoms with Gasteiger partial charge in [0, 0.05) is 11.6 Å². The van der Waals surface area contributed by atoms with Gasteiger partial charge in [0.1, 0.15) is 5.82 Å². The third kappa shape index (κ3) is 2.60. The summed E-state index contributed by atoms with van der Waals surface area (Å²) in [5.41, 5.74) is 2.27. The first-order valence-electron chi connectivity index (χ1n) is 8.19. The fraction of sp³-hybridized carbons (Fsp3) is 0.316. The summed E-state index contributed by atoms with van der Waals surface area (Å²) >= 11 is 6.05. The summed E-state index contributed by atoms with van der Waals surface area (Å²) in [7, 11) is 0. The van der Waals surface area contributed by atoms with Gasteiger partial charge in [0.15, 0.2) is 0 Å². The molecule has 124 valence electrons. The van der Waals surface area contributed by atoms with Crippen molar-refractivity contribution in [1.82, 2.24) is 5.32 Å². The zero-order valence-corrected chi connectivity index (χ0v) is 13.9. The van der Waals surface area contributed by atoms with E-state index in [1.54, 1.807) is 12.1 Å². The van der Waals surface area contributed by atoms with Crippen LogP contribution >= 0.6 is 11.6 Å².